The Morgan fingerprint density at radius 3 is 2.70 bits per heavy atom. The maximum atomic E-state index is 13.8. The Bertz CT molecular complexity index is 958. The van der Waals surface area contributed by atoms with Gasteiger partial charge in [-0.25, -0.2) is 13.6 Å². The molecule has 1 saturated heterocycles. The van der Waals surface area contributed by atoms with Gasteiger partial charge >= 0.3 is 6.03 Å². The van der Waals surface area contributed by atoms with E-state index in [1.54, 1.807) is 29.2 Å². The molecular formula is C19H16F2N4O2. The van der Waals surface area contributed by atoms with Crippen molar-refractivity contribution in [3.63, 3.8) is 0 Å². The van der Waals surface area contributed by atoms with E-state index in [-0.39, 0.29) is 11.5 Å². The van der Waals surface area contributed by atoms with E-state index in [2.05, 4.69) is 15.5 Å². The number of halogens is 2. The molecule has 4 rings (SSSR count). The van der Waals surface area contributed by atoms with Crippen molar-refractivity contribution in [1.29, 1.82) is 0 Å². The van der Waals surface area contributed by atoms with Gasteiger partial charge in [0.15, 0.2) is 0 Å². The van der Waals surface area contributed by atoms with Crippen molar-refractivity contribution in [3.05, 3.63) is 66.1 Å². The lowest BCUT2D eigenvalue weighted by Crippen LogP contribution is -2.34. The molecule has 138 valence electrons. The van der Waals surface area contributed by atoms with Crippen LogP contribution in [0.15, 0.2) is 53.1 Å². The van der Waals surface area contributed by atoms with E-state index in [0.29, 0.717) is 30.2 Å². The smallest absolute Gasteiger partial charge is 0.322 e. The second kappa shape index (κ2) is 7.14. The number of rotatable bonds is 3. The highest BCUT2D eigenvalue weighted by Crippen LogP contribution is 2.32. The maximum absolute atomic E-state index is 13.8. The van der Waals surface area contributed by atoms with Gasteiger partial charge < -0.3 is 14.7 Å². The minimum atomic E-state index is -0.502. The molecule has 1 aliphatic rings. The summed E-state index contributed by atoms with van der Waals surface area (Å²) in [6.45, 7) is 0.499. The standard InChI is InChI=1S/C19H16F2N4O2/c20-13-9-7-12(8-10-13)17-23-18(27-24-17)16-6-3-11-25(16)19(26)22-15-5-2-1-4-14(15)21/h1-2,4-5,7-10,16H,3,6,11H2,(H,22,26)/t16-/m1/s1. The van der Waals surface area contributed by atoms with Crippen LogP contribution in [-0.4, -0.2) is 27.6 Å². The Balaban J connectivity index is 1.52. The number of hydrogen-bond acceptors (Lipinski definition) is 4. The van der Waals surface area contributed by atoms with Crippen LogP contribution in [0.1, 0.15) is 24.8 Å². The van der Waals surface area contributed by atoms with Crippen molar-refractivity contribution < 1.29 is 18.1 Å². The van der Waals surface area contributed by atoms with Crippen LogP contribution in [0.3, 0.4) is 0 Å². The van der Waals surface area contributed by atoms with E-state index in [1.807, 2.05) is 0 Å². The number of para-hydroxylation sites is 1. The fourth-order valence-electron chi connectivity index (χ4n) is 3.10. The molecule has 1 fully saturated rings. The molecule has 2 amide bonds. The molecular weight excluding hydrogens is 354 g/mol. The summed E-state index contributed by atoms with van der Waals surface area (Å²) in [4.78, 5) is 18.5. The largest absolute Gasteiger partial charge is 0.337 e. The number of nitrogens with zero attached hydrogens (tertiary/aromatic N) is 3. The summed E-state index contributed by atoms with van der Waals surface area (Å²) < 4.78 is 32.2. The van der Waals surface area contributed by atoms with Crippen LogP contribution in [0.2, 0.25) is 0 Å². The SMILES string of the molecule is O=C(Nc1ccccc1F)N1CCC[C@@H]1c1nc(-c2ccc(F)cc2)no1. The summed E-state index contributed by atoms with van der Waals surface area (Å²) in [5.74, 6) is -0.228. The molecule has 1 N–H and O–H groups in total. The number of aromatic nitrogens is 2. The van der Waals surface area contributed by atoms with Gasteiger partial charge in [-0.15, -0.1) is 0 Å². The molecule has 1 atom stereocenters. The van der Waals surface area contributed by atoms with Crippen molar-refractivity contribution >= 4 is 11.7 Å². The Hall–Kier alpha value is -3.29. The van der Waals surface area contributed by atoms with Crippen LogP contribution < -0.4 is 5.32 Å². The van der Waals surface area contributed by atoms with Crippen molar-refractivity contribution in [2.75, 3.05) is 11.9 Å². The number of amides is 2. The second-order valence-electron chi connectivity index (χ2n) is 6.22. The van der Waals surface area contributed by atoms with Crippen molar-refractivity contribution in [3.8, 4) is 11.4 Å². The molecule has 2 heterocycles. The molecule has 27 heavy (non-hydrogen) atoms. The molecule has 0 unspecified atom stereocenters. The van der Waals surface area contributed by atoms with Gasteiger partial charge in [0, 0.05) is 12.1 Å². The molecule has 1 aliphatic heterocycles. The van der Waals surface area contributed by atoms with Crippen molar-refractivity contribution in [2.45, 2.75) is 18.9 Å². The Labute approximate surface area is 153 Å². The first-order valence-corrected chi connectivity index (χ1v) is 8.53. The van der Waals surface area contributed by atoms with Crippen LogP contribution in [0, 0.1) is 11.6 Å². The van der Waals surface area contributed by atoms with Crippen molar-refractivity contribution in [2.24, 2.45) is 0 Å². The fraction of sp³-hybridized carbons (Fsp3) is 0.211. The molecule has 0 spiro atoms. The van der Waals surface area contributed by atoms with Crippen LogP contribution in [0.4, 0.5) is 19.3 Å². The molecule has 0 bridgehead atoms. The third-order valence-corrected chi connectivity index (χ3v) is 4.46. The van der Waals surface area contributed by atoms with Gasteiger partial charge in [-0.05, 0) is 49.2 Å². The fourth-order valence-corrected chi connectivity index (χ4v) is 3.10. The Kier molecular flexibility index (Phi) is 4.53. The molecule has 6 nitrogen and oxygen atoms in total. The van der Waals surface area contributed by atoms with Crippen LogP contribution in [0.25, 0.3) is 11.4 Å². The predicted octanol–water partition coefficient (Wildman–Crippen LogP) is 4.38. The van der Waals surface area contributed by atoms with E-state index >= 15 is 0 Å². The lowest BCUT2D eigenvalue weighted by molar-refractivity contribution is 0.193. The van der Waals surface area contributed by atoms with Crippen LogP contribution >= 0.6 is 0 Å². The summed E-state index contributed by atoms with van der Waals surface area (Å²) in [5.41, 5.74) is 0.734. The highest BCUT2D eigenvalue weighted by Gasteiger charge is 2.34. The lowest BCUT2D eigenvalue weighted by atomic mass is 10.2. The van der Waals surface area contributed by atoms with Crippen LogP contribution in [-0.2, 0) is 0 Å². The maximum Gasteiger partial charge on any atom is 0.322 e. The van der Waals surface area contributed by atoms with Gasteiger partial charge in [0.1, 0.15) is 17.7 Å². The topological polar surface area (TPSA) is 71.3 Å². The minimum absolute atomic E-state index is 0.116. The average molecular weight is 370 g/mol. The zero-order chi connectivity index (χ0) is 18.8. The molecule has 1 aromatic heterocycles. The van der Waals surface area contributed by atoms with Gasteiger partial charge in [0.25, 0.3) is 0 Å². The summed E-state index contributed by atoms with van der Waals surface area (Å²) >= 11 is 0. The van der Waals surface area contributed by atoms with Gasteiger partial charge in [-0.3, -0.25) is 0 Å². The first-order chi connectivity index (χ1) is 13.1. The Morgan fingerprint density at radius 1 is 1.15 bits per heavy atom. The lowest BCUT2D eigenvalue weighted by Gasteiger charge is -2.22. The molecule has 8 heteroatoms. The zero-order valence-corrected chi connectivity index (χ0v) is 14.2. The van der Waals surface area contributed by atoms with E-state index in [0.717, 1.165) is 6.42 Å². The number of hydrogen-bond donors (Lipinski definition) is 1. The average Bonchev–Trinajstić information content (AvgIpc) is 3.33. The number of anilines is 1. The normalized spacial score (nSPS) is 16.5. The highest BCUT2D eigenvalue weighted by atomic mass is 19.1. The predicted molar refractivity (Wildman–Crippen MR) is 93.8 cm³/mol. The number of urea groups is 1. The molecule has 0 radical (unpaired) electrons. The van der Waals surface area contributed by atoms with Gasteiger partial charge in [-0.2, -0.15) is 4.98 Å². The summed E-state index contributed by atoms with van der Waals surface area (Å²) in [6.07, 6.45) is 1.43. The van der Waals surface area contributed by atoms with Crippen LogP contribution in [0.5, 0.6) is 0 Å². The van der Waals surface area contributed by atoms with Gasteiger partial charge in [0.2, 0.25) is 11.7 Å². The summed E-state index contributed by atoms with van der Waals surface area (Å²) in [6, 6.07) is 10.9. The summed E-state index contributed by atoms with van der Waals surface area (Å²) in [5, 5.41) is 6.50. The molecule has 0 saturated carbocycles. The van der Waals surface area contributed by atoms with Gasteiger partial charge in [0.05, 0.1) is 5.69 Å². The first kappa shape index (κ1) is 17.1. The second-order valence-corrected chi connectivity index (χ2v) is 6.22. The van der Waals surface area contributed by atoms with E-state index < -0.39 is 17.9 Å². The van der Waals surface area contributed by atoms with E-state index in [4.69, 9.17) is 4.52 Å². The summed E-state index contributed by atoms with van der Waals surface area (Å²) in [7, 11) is 0. The van der Waals surface area contributed by atoms with E-state index in [1.165, 1.54) is 24.3 Å². The molecule has 2 aromatic carbocycles. The number of likely N-dealkylation sites (tertiary alicyclic amines) is 1. The third-order valence-electron chi connectivity index (χ3n) is 4.46. The third kappa shape index (κ3) is 3.51. The van der Waals surface area contributed by atoms with Crippen molar-refractivity contribution in [1.82, 2.24) is 15.0 Å². The highest BCUT2D eigenvalue weighted by molar-refractivity contribution is 5.89. The minimum Gasteiger partial charge on any atom is -0.337 e. The Morgan fingerprint density at radius 2 is 1.93 bits per heavy atom. The first-order valence-electron chi connectivity index (χ1n) is 8.53. The number of nitrogens with one attached hydrogen (secondary N) is 1. The quantitative estimate of drug-likeness (QED) is 0.743. The molecule has 0 aliphatic carbocycles. The van der Waals surface area contributed by atoms with Gasteiger partial charge in [-0.1, -0.05) is 17.3 Å². The zero-order valence-electron chi connectivity index (χ0n) is 14.2. The molecule has 3 aromatic rings. The monoisotopic (exact) mass is 370 g/mol. The number of benzene rings is 2. The number of carbonyl (C=O) groups is 1. The van der Waals surface area contributed by atoms with E-state index in [9.17, 15) is 13.6 Å². The number of carbonyl (C=O) groups excluding carboxylic acids is 1.